The van der Waals surface area contributed by atoms with E-state index in [9.17, 15) is 23.9 Å². The van der Waals surface area contributed by atoms with Crippen LogP contribution in [0.1, 0.15) is 36.0 Å². The number of rotatable bonds is 7. The van der Waals surface area contributed by atoms with Crippen molar-refractivity contribution in [1.82, 2.24) is 0 Å². The van der Waals surface area contributed by atoms with Crippen molar-refractivity contribution in [3.63, 3.8) is 0 Å². The minimum absolute atomic E-state index is 0.0422. The summed E-state index contributed by atoms with van der Waals surface area (Å²) >= 11 is 0. The molecule has 1 aliphatic rings. The third kappa shape index (κ3) is 5.69. The fraction of sp³-hybridized carbons (Fsp3) is 0.276. The Morgan fingerprint density at radius 3 is 1.89 bits per heavy atom. The molecule has 7 heteroatoms. The summed E-state index contributed by atoms with van der Waals surface area (Å²) in [6, 6.07) is 23.2. The van der Waals surface area contributed by atoms with Crippen molar-refractivity contribution in [2.45, 2.75) is 38.1 Å². The van der Waals surface area contributed by atoms with E-state index >= 15 is 0 Å². The maximum atomic E-state index is 13.7. The molecular formula is C29H27FO6. The zero-order valence-corrected chi connectivity index (χ0v) is 19.8. The number of halogens is 1. The molecule has 3 aromatic rings. The molecule has 0 saturated heterocycles. The Morgan fingerprint density at radius 2 is 1.36 bits per heavy atom. The monoisotopic (exact) mass is 490 g/mol. The highest BCUT2D eigenvalue weighted by Crippen LogP contribution is 2.47. The van der Waals surface area contributed by atoms with Gasteiger partial charge in [0, 0.05) is 12.3 Å². The van der Waals surface area contributed by atoms with Crippen LogP contribution in [0.15, 0.2) is 84.9 Å². The molecule has 1 aliphatic carbocycles. The molecule has 0 radical (unpaired) electrons. The van der Waals surface area contributed by atoms with Crippen molar-refractivity contribution in [3.05, 3.63) is 107 Å². The van der Waals surface area contributed by atoms with Gasteiger partial charge in [0.05, 0.1) is 11.5 Å². The van der Waals surface area contributed by atoms with Crippen LogP contribution in [0, 0.1) is 17.7 Å². The molecule has 0 heterocycles. The summed E-state index contributed by atoms with van der Waals surface area (Å²) in [6.45, 7) is 1.28. The van der Waals surface area contributed by atoms with E-state index < -0.39 is 53.3 Å². The van der Waals surface area contributed by atoms with Crippen LogP contribution in [-0.2, 0) is 37.1 Å². The lowest BCUT2D eigenvalue weighted by atomic mass is 9.61. The maximum absolute atomic E-state index is 13.7. The van der Waals surface area contributed by atoms with Crippen molar-refractivity contribution in [2.24, 2.45) is 11.8 Å². The summed E-state index contributed by atoms with van der Waals surface area (Å²) < 4.78 is 24.7. The Balaban J connectivity index is 1.66. The second-order valence-electron chi connectivity index (χ2n) is 9.22. The lowest BCUT2D eigenvalue weighted by Crippen LogP contribution is -2.55. The fourth-order valence-corrected chi connectivity index (χ4v) is 4.74. The van der Waals surface area contributed by atoms with Gasteiger partial charge < -0.3 is 14.6 Å². The van der Waals surface area contributed by atoms with Gasteiger partial charge in [0.15, 0.2) is 5.78 Å². The number of carbonyl (C=O) groups excluding carboxylic acids is 3. The molecule has 0 unspecified atom stereocenters. The van der Waals surface area contributed by atoms with Crippen molar-refractivity contribution < 1.29 is 33.4 Å². The van der Waals surface area contributed by atoms with Crippen LogP contribution in [-0.4, -0.2) is 28.4 Å². The molecule has 0 bridgehead atoms. The number of carbonyl (C=O) groups is 3. The Bertz CT molecular complexity index is 1210. The van der Waals surface area contributed by atoms with Crippen LogP contribution in [0.3, 0.4) is 0 Å². The van der Waals surface area contributed by atoms with Crippen LogP contribution in [0.4, 0.5) is 4.39 Å². The van der Waals surface area contributed by atoms with Gasteiger partial charge >= 0.3 is 11.9 Å². The molecule has 1 fully saturated rings. The van der Waals surface area contributed by atoms with Crippen LogP contribution in [0.5, 0.6) is 0 Å². The van der Waals surface area contributed by atoms with Gasteiger partial charge in [0.1, 0.15) is 24.9 Å². The smallest absolute Gasteiger partial charge is 0.317 e. The fourth-order valence-electron chi connectivity index (χ4n) is 4.74. The van der Waals surface area contributed by atoms with E-state index in [2.05, 4.69) is 0 Å². The molecule has 0 aliphatic heterocycles. The Kier molecular flexibility index (Phi) is 7.60. The van der Waals surface area contributed by atoms with Gasteiger partial charge in [0.25, 0.3) is 0 Å². The number of hydrogen-bond acceptors (Lipinski definition) is 6. The molecule has 36 heavy (non-hydrogen) atoms. The van der Waals surface area contributed by atoms with Crippen LogP contribution >= 0.6 is 0 Å². The number of esters is 2. The molecule has 0 amide bonds. The summed E-state index contributed by atoms with van der Waals surface area (Å²) in [4.78, 5) is 39.8. The third-order valence-electron chi connectivity index (χ3n) is 6.48. The van der Waals surface area contributed by atoms with Crippen LogP contribution in [0.25, 0.3) is 0 Å². The minimum Gasteiger partial charge on any atom is -0.461 e. The summed E-state index contributed by atoms with van der Waals surface area (Å²) in [7, 11) is 0. The van der Waals surface area contributed by atoms with Crippen molar-refractivity contribution >= 4 is 17.7 Å². The zero-order valence-electron chi connectivity index (χ0n) is 19.8. The Labute approximate surface area is 208 Å². The second-order valence-corrected chi connectivity index (χ2v) is 9.22. The van der Waals surface area contributed by atoms with Gasteiger partial charge in [0.2, 0.25) is 0 Å². The van der Waals surface area contributed by atoms with E-state index in [1.807, 2.05) is 12.1 Å². The lowest BCUT2D eigenvalue weighted by molar-refractivity contribution is -0.174. The molecule has 1 saturated carbocycles. The van der Waals surface area contributed by atoms with Gasteiger partial charge in [-0.05, 0) is 35.7 Å². The number of ether oxygens (including phenoxy) is 2. The highest BCUT2D eigenvalue weighted by Gasteiger charge is 2.57. The first-order valence-electron chi connectivity index (χ1n) is 11.7. The normalized spacial score (nSPS) is 23.6. The highest BCUT2D eigenvalue weighted by molar-refractivity contribution is 6.02. The molecule has 0 spiro atoms. The number of aliphatic hydroxyl groups is 1. The summed E-state index contributed by atoms with van der Waals surface area (Å²) in [5, 5.41) is 11.2. The van der Waals surface area contributed by atoms with Gasteiger partial charge in [-0.25, -0.2) is 4.39 Å². The predicted octanol–water partition coefficient (Wildman–Crippen LogP) is 4.35. The van der Waals surface area contributed by atoms with E-state index in [4.69, 9.17) is 9.47 Å². The lowest BCUT2D eigenvalue weighted by Gasteiger charge is -2.43. The average Bonchev–Trinajstić information content (AvgIpc) is 2.86. The third-order valence-corrected chi connectivity index (χ3v) is 6.48. The number of ketones is 1. The standard InChI is InChI=1S/C29H27FO6/c1-29(34)16-23(31)25(27(32)35-17-19-8-4-2-5-9-19)24(21-12-14-22(30)15-13-21)26(29)28(33)36-18-20-10-6-3-7-11-20/h2-15,24-26,34H,16-18H2,1H3/t24-,25-,26+,29-/m0/s1. The quantitative estimate of drug-likeness (QED) is 0.391. The minimum atomic E-state index is -1.79. The van der Waals surface area contributed by atoms with E-state index in [0.29, 0.717) is 5.56 Å². The van der Waals surface area contributed by atoms with Gasteiger partial charge in [-0.15, -0.1) is 0 Å². The zero-order chi connectivity index (χ0) is 25.7. The molecular weight excluding hydrogens is 463 g/mol. The summed E-state index contributed by atoms with van der Waals surface area (Å²) in [6.07, 6.45) is -0.430. The van der Waals surface area contributed by atoms with E-state index in [1.165, 1.54) is 31.2 Å². The Hall–Kier alpha value is -3.84. The molecule has 4 atom stereocenters. The number of hydrogen-bond donors (Lipinski definition) is 1. The van der Waals surface area contributed by atoms with E-state index in [1.54, 1.807) is 48.5 Å². The van der Waals surface area contributed by atoms with Gasteiger partial charge in [-0.3, -0.25) is 14.4 Å². The first kappa shape index (κ1) is 25.3. The van der Waals surface area contributed by atoms with Crippen molar-refractivity contribution in [3.8, 4) is 0 Å². The average molecular weight is 491 g/mol. The van der Waals surface area contributed by atoms with Crippen molar-refractivity contribution in [1.29, 1.82) is 0 Å². The summed E-state index contributed by atoms with van der Waals surface area (Å²) in [5.41, 5.74) is 0.0426. The predicted molar refractivity (Wildman–Crippen MR) is 129 cm³/mol. The molecule has 0 aromatic heterocycles. The van der Waals surface area contributed by atoms with E-state index in [0.717, 1.165) is 11.1 Å². The largest absolute Gasteiger partial charge is 0.461 e. The molecule has 1 N–H and O–H groups in total. The molecule has 4 rings (SSSR count). The topological polar surface area (TPSA) is 89.9 Å². The molecule has 186 valence electrons. The van der Waals surface area contributed by atoms with Gasteiger partial charge in [-0.2, -0.15) is 0 Å². The number of benzene rings is 3. The van der Waals surface area contributed by atoms with Crippen LogP contribution in [0.2, 0.25) is 0 Å². The Morgan fingerprint density at radius 1 is 0.861 bits per heavy atom. The van der Waals surface area contributed by atoms with Crippen LogP contribution < -0.4 is 0 Å². The second kappa shape index (κ2) is 10.8. The summed E-state index contributed by atoms with van der Waals surface area (Å²) in [5.74, 6) is -6.37. The first-order chi connectivity index (χ1) is 17.3. The van der Waals surface area contributed by atoms with E-state index in [-0.39, 0.29) is 13.2 Å². The number of Topliss-reactive ketones (excluding diaryl/α,β-unsaturated/α-hetero) is 1. The van der Waals surface area contributed by atoms with Crippen molar-refractivity contribution in [2.75, 3.05) is 0 Å². The molecule has 3 aromatic carbocycles. The maximum Gasteiger partial charge on any atom is 0.317 e. The highest BCUT2D eigenvalue weighted by atomic mass is 19.1. The first-order valence-corrected chi connectivity index (χ1v) is 11.7. The molecule has 6 nitrogen and oxygen atoms in total. The van der Waals surface area contributed by atoms with Gasteiger partial charge in [-0.1, -0.05) is 72.8 Å². The SMILES string of the molecule is C[C@]1(O)CC(=O)[C@H](C(=O)OCc2ccccc2)[C@H](c2ccc(F)cc2)[C@@H]1C(=O)OCc1ccccc1.